The normalized spacial score (nSPS) is 14.9. The average Bonchev–Trinajstić information content (AvgIpc) is 3.24. The summed E-state index contributed by atoms with van der Waals surface area (Å²) in [7, 11) is 2.06. The summed E-state index contributed by atoms with van der Waals surface area (Å²) in [5.41, 5.74) is 4.49. The Bertz CT molecular complexity index is 665. The third-order valence-corrected chi connectivity index (χ3v) is 4.38. The van der Waals surface area contributed by atoms with Gasteiger partial charge in [0.05, 0.1) is 12.1 Å². The smallest absolute Gasteiger partial charge is 0.179 e. The third kappa shape index (κ3) is 2.16. The van der Waals surface area contributed by atoms with Crippen molar-refractivity contribution in [3.05, 3.63) is 35.0 Å². The molecule has 20 heavy (non-hydrogen) atoms. The van der Waals surface area contributed by atoms with Crippen molar-refractivity contribution in [1.29, 1.82) is 0 Å². The van der Waals surface area contributed by atoms with Gasteiger partial charge in [-0.05, 0) is 31.7 Å². The number of para-hydroxylation sites is 1. The lowest BCUT2D eigenvalue weighted by Crippen LogP contribution is -2.25. The van der Waals surface area contributed by atoms with Crippen LogP contribution < -0.4 is 5.32 Å². The molecule has 0 amide bonds. The predicted molar refractivity (Wildman–Crippen MR) is 82.4 cm³/mol. The van der Waals surface area contributed by atoms with E-state index in [0.717, 1.165) is 23.1 Å². The number of aromatic nitrogens is 1. The Hall–Kier alpha value is -1.61. The number of fused-ring (bicyclic) bond motifs is 1. The maximum atomic E-state index is 12.5. The van der Waals surface area contributed by atoms with Crippen LogP contribution in [0, 0.1) is 6.92 Å². The first-order valence-corrected chi connectivity index (χ1v) is 7.47. The van der Waals surface area contributed by atoms with Crippen molar-refractivity contribution < 1.29 is 4.79 Å². The van der Waals surface area contributed by atoms with Gasteiger partial charge in [0.2, 0.25) is 0 Å². The molecule has 1 heterocycles. The van der Waals surface area contributed by atoms with Gasteiger partial charge in [0.1, 0.15) is 0 Å². The van der Waals surface area contributed by atoms with Gasteiger partial charge >= 0.3 is 0 Å². The molecule has 106 valence electrons. The highest BCUT2D eigenvalue weighted by Gasteiger charge is 2.24. The number of hydrogen-bond acceptors (Lipinski definition) is 2. The SMILES string of the molecule is CCc1cccc2c(C(=O)CNC3CC3)c(C)n(C)c12. The summed E-state index contributed by atoms with van der Waals surface area (Å²) < 4.78 is 2.17. The van der Waals surface area contributed by atoms with E-state index in [9.17, 15) is 4.79 Å². The number of benzene rings is 1. The lowest BCUT2D eigenvalue weighted by molar-refractivity contribution is 0.0991. The molecule has 1 aromatic carbocycles. The molecular formula is C17H22N2O. The third-order valence-electron chi connectivity index (χ3n) is 4.38. The van der Waals surface area contributed by atoms with Gasteiger partial charge in [0.15, 0.2) is 5.78 Å². The molecule has 3 nitrogen and oxygen atoms in total. The first-order valence-electron chi connectivity index (χ1n) is 7.47. The van der Waals surface area contributed by atoms with Crippen LogP contribution in [-0.4, -0.2) is 22.9 Å². The van der Waals surface area contributed by atoms with Crippen molar-refractivity contribution in [2.75, 3.05) is 6.54 Å². The summed E-state index contributed by atoms with van der Waals surface area (Å²) >= 11 is 0. The van der Waals surface area contributed by atoms with E-state index in [4.69, 9.17) is 0 Å². The number of rotatable bonds is 5. The molecule has 0 spiro atoms. The molecule has 0 unspecified atom stereocenters. The van der Waals surface area contributed by atoms with E-state index < -0.39 is 0 Å². The van der Waals surface area contributed by atoms with E-state index in [1.165, 1.54) is 23.9 Å². The minimum atomic E-state index is 0.216. The molecule has 2 aromatic rings. The Morgan fingerprint density at radius 2 is 2.15 bits per heavy atom. The number of carbonyl (C=O) groups is 1. The van der Waals surface area contributed by atoms with Crippen molar-refractivity contribution in [3.8, 4) is 0 Å². The molecule has 1 saturated carbocycles. The summed E-state index contributed by atoms with van der Waals surface area (Å²) in [5.74, 6) is 0.216. The van der Waals surface area contributed by atoms with E-state index in [-0.39, 0.29) is 5.78 Å². The van der Waals surface area contributed by atoms with Crippen LogP contribution in [0.1, 0.15) is 41.4 Å². The average molecular weight is 270 g/mol. The Balaban J connectivity index is 2.05. The van der Waals surface area contributed by atoms with Crippen molar-refractivity contribution >= 4 is 16.7 Å². The number of Topliss-reactive ketones (excluding diaryl/α,β-unsaturated/α-hetero) is 1. The molecule has 0 saturated heterocycles. The van der Waals surface area contributed by atoms with Crippen LogP contribution in [-0.2, 0) is 13.5 Å². The Kier molecular flexibility index (Phi) is 3.38. The molecule has 1 aliphatic rings. The van der Waals surface area contributed by atoms with Crippen LogP contribution >= 0.6 is 0 Å². The van der Waals surface area contributed by atoms with E-state index in [1.807, 2.05) is 6.92 Å². The first-order chi connectivity index (χ1) is 9.63. The van der Waals surface area contributed by atoms with E-state index in [0.29, 0.717) is 12.6 Å². The molecule has 1 aliphatic carbocycles. The van der Waals surface area contributed by atoms with Gasteiger partial charge in [-0.25, -0.2) is 0 Å². The summed E-state index contributed by atoms with van der Waals surface area (Å²) in [6, 6.07) is 6.86. The minimum absolute atomic E-state index is 0.216. The number of nitrogens with one attached hydrogen (secondary N) is 1. The number of nitrogens with zero attached hydrogens (tertiary/aromatic N) is 1. The molecule has 3 rings (SSSR count). The largest absolute Gasteiger partial charge is 0.347 e. The van der Waals surface area contributed by atoms with E-state index in [1.54, 1.807) is 0 Å². The fourth-order valence-electron chi connectivity index (χ4n) is 2.97. The molecule has 0 atom stereocenters. The molecule has 0 bridgehead atoms. The van der Waals surface area contributed by atoms with Gasteiger partial charge in [-0.15, -0.1) is 0 Å². The van der Waals surface area contributed by atoms with Crippen molar-refractivity contribution in [2.45, 2.75) is 39.2 Å². The summed E-state index contributed by atoms with van der Waals surface area (Å²) in [6.45, 7) is 4.66. The highest BCUT2D eigenvalue weighted by molar-refractivity contribution is 6.11. The maximum absolute atomic E-state index is 12.5. The fraction of sp³-hybridized carbons (Fsp3) is 0.471. The van der Waals surface area contributed by atoms with Crippen LogP contribution in [0.2, 0.25) is 0 Å². The second kappa shape index (κ2) is 5.06. The van der Waals surface area contributed by atoms with E-state index in [2.05, 4.69) is 42.1 Å². The maximum Gasteiger partial charge on any atom is 0.179 e. The highest BCUT2D eigenvalue weighted by Crippen LogP contribution is 2.28. The quantitative estimate of drug-likeness (QED) is 0.848. The lowest BCUT2D eigenvalue weighted by atomic mass is 10.0. The van der Waals surface area contributed by atoms with Crippen LogP contribution in [0.5, 0.6) is 0 Å². The van der Waals surface area contributed by atoms with Gasteiger partial charge in [-0.3, -0.25) is 4.79 Å². The van der Waals surface area contributed by atoms with Crippen LogP contribution in [0.3, 0.4) is 0 Å². The van der Waals surface area contributed by atoms with Gasteiger partial charge in [0, 0.05) is 29.7 Å². The predicted octanol–water partition coefficient (Wildman–Crippen LogP) is 2.98. The van der Waals surface area contributed by atoms with Gasteiger partial charge in [-0.1, -0.05) is 25.1 Å². The highest BCUT2D eigenvalue weighted by atomic mass is 16.1. The molecule has 1 N–H and O–H groups in total. The van der Waals surface area contributed by atoms with E-state index >= 15 is 0 Å². The van der Waals surface area contributed by atoms with Gasteiger partial charge in [-0.2, -0.15) is 0 Å². The number of hydrogen-bond donors (Lipinski definition) is 1. The topological polar surface area (TPSA) is 34.0 Å². The Morgan fingerprint density at radius 3 is 2.80 bits per heavy atom. The Morgan fingerprint density at radius 1 is 1.40 bits per heavy atom. The fourth-order valence-corrected chi connectivity index (χ4v) is 2.97. The summed E-state index contributed by atoms with van der Waals surface area (Å²) in [5, 5.41) is 4.43. The van der Waals surface area contributed by atoms with Crippen molar-refractivity contribution in [1.82, 2.24) is 9.88 Å². The standard InChI is InChI=1S/C17H22N2O/c1-4-12-6-5-7-14-16(11(2)19(3)17(12)14)15(20)10-18-13-8-9-13/h5-7,13,18H,4,8-10H2,1-3H3. The zero-order valence-electron chi connectivity index (χ0n) is 12.5. The first kappa shape index (κ1) is 13.4. The van der Waals surface area contributed by atoms with Gasteiger partial charge < -0.3 is 9.88 Å². The second-order valence-electron chi connectivity index (χ2n) is 5.76. The number of aryl methyl sites for hydroxylation is 2. The molecular weight excluding hydrogens is 248 g/mol. The number of carbonyl (C=O) groups excluding carboxylic acids is 1. The zero-order chi connectivity index (χ0) is 14.3. The van der Waals surface area contributed by atoms with Crippen molar-refractivity contribution in [2.24, 2.45) is 7.05 Å². The molecule has 0 aliphatic heterocycles. The summed E-state index contributed by atoms with van der Waals surface area (Å²) in [4.78, 5) is 12.5. The lowest BCUT2D eigenvalue weighted by Gasteiger charge is -2.03. The zero-order valence-corrected chi connectivity index (χ0v) is 12.5. The minimum Gasteiger partial charge on any atom is -0.347 e. The molecule has 0 radical (unpaired) electrons. The van der Waals surface area contributed by atoms with Crippen LogP contribution in [0.4, 0.5) is 0 Å². The van der Waals surface area contributed by atoms with Crippen LogP contribution in [0.25, 0.3) is 10.9 Å². The van der Waals surface area contributed by atoms with Crippen molar-refractivity contribution in [3.63, 3.8) is 0 Å². The van der Waals surface area contributed by atoms with Crippen LogP contribution in [0.15, 0.2) is 18.2 Å². The monoisotopic (exact) mass is 270 g/mol. The molecule has 1 aromatic heterocycles. The van der Waals surface area contributed by atoms with Gasteiger partial charge in [0.25, 0.3) is 0 Å². The number of ketones is 1. The Labute approximate surface area is 120 Å². The summed E-state index contributed by atoms with van der Waals surface area (Å²) in [6.07, 6.45) is 3.41. The second-order valence-corrected chi connectivity index (χ2v) is 5.76. The molecule has 1 fully saturated rings. The molecule has 3 heteroatoms.